The van der Waals surface area contributed by atoms with Crippen LogP contribution in [0.2, 0.25) is 0 Å². The van der Waals surface area contributed by atoms with Gasteiger partial charge in [-0.3, -0.25) is 0 Å². The summed E-state index contributed by atoms with van der Waals surface area (Å²) in [7, 11) is 0. The molecule has 1 aromatic heterocycles. The third-order valence-electron chi connectivity index (χ3n) is 1.53. The van der Waals surface area contributed by atoms with Gasteiger partial charge in [0.1, 0.15) is 5.69 Å². The molecule has 0 radical (unpaired) electrons. The summed E-state index contributed by atoms with van der Waals surface area (Å²) in [4.78, 5) is 15.3. The number of pyridine rings is 1. The van der Waals surface area contributed by atoms with E-state index in [-0.39, 0.29) is 5.69 Å². The van der Waals surface area contributed by atoms with E-state index in [1.807, 2.05) is 6.07 Å². The van der Waals surface area contributed by atoms with Crippen LogP contribution in [0, 0.1) is 5.92 Å². The van der Waals surface area contributed by atoms with Crippen molar-refractivity contribution in [2.75, 3.05) is 5.75 Å². The standard InChI is InChI=1S/C10H13NO2S/c1-7(2)6-14-8-3-4-11-9(5-8)10(12)13/h3-5,7H,6H2,1-2H3,(H,12,13). The van der Waals surface area contributed by atoms with E-state index in [0.29, 0.717) is 5.92 Å². The minimum absolute atomic E-state index is 0.110. The quantitative estimate of drug-likeness (QED) is 0.777. The van der Waals surface area contributed by atoms with E-state index in [9.17, 15) is 4.79 Å². The van der Waals surface area contributed by atoms with Crippen LogP contribution in [0.25, 0.3) is 0 Å². The molecule has 1 rings (SSSR count). The Morgan fingerprint density at radius 1 is 1.64 bits per heavy atom. The lowest BCUT2D eigenvalue weighted by Crippen LogP contribution is -1.99. The van der Waals surface area contributed by atoms with Gasteiger partial charge >= 0.3 is 5.97 Å². The lowest BCUT2D eigenvalue weighted by atomic mass is 10.3. The van der Waals surface area contributed by atoms with Crippen molar-refractivity contribution in [3.05, 3.63) is 24.0 Å². The Kier molecular flexibility index (Phi) is 3.95. The highest BCUT2D eigenvalue weighted by Gasteiger charge is 2.05. The molecule has 0 aliphatic carbocycles. The van der Waals surface area contributed by atoms with Crippen molar-refractivity contribution in [1.82, 2.24) is 4.98 Å². The smallest absolute Gasteiger partial charge is 0.354 e. The third kappa shape index (κ3) is 3.38. The van der Waals surface area contributed by atoms with Gasteiger partial charge in [-0.05, 0) is 18.1 Å². The summed E-state index contributed by atoms with van der Waals surface area (Å²) in [5.74, 6) is 0.613. The van der Waals surface area contributed by atoms with E-state index >= 15 is 0 Å². The average molecular weight is 211 g/mol. The molecule has 0 aliphatic heterocycles. The van der Waals surface area contributed by atoms with Gasteiger partial charge in [-0.1, -0.05) is 13.8 Å². The maximum absolute atomic E-state index is 10.6. The first kappa shape index (κ1) is 11.0. The van der Waals surface area contributed by atoms with E-state index in [1.54, 1.807) is 17.8 Å². The number of aromatic nitrogens is 1. The second-order valence-electron chi connectivity index (χ2n) is 3.39. The highest BCUT2D eigenvalue weighted by Crippen LogP contribution is 2.20. The zero-order valence-electron chi connectivity index (χ0n) is 8.23. The molecule has 0 aliphatic rings. The average Bonchev–Trinajstić information content (AvgIpc) is 2.15. The largest absolute Gasteiger partial charge is 0.477 e. The molecule has 0 amide bonds. The van der Waals surface area contributed by atoms with Crippen molar-refractivity contribution in [3.63, 3.8) is 0 Å². The normalized spacial score (nSPS) is 10.5. The summed E-state index contributed by atoms with van der Waals surface area (Å²) >= 11 is 1.66. The molecule has 1 heterocycles. The number of carboxylic acids is 1. The SMILES string of the molecule is CC(C)CSc1ccnc(C(=O)O)c1. The van der Waals surface area contributed by atoms with Gasteiger partial charge in [0.25, 0.3) is 0 Å². The Hall–Kier alpha value is -1.03. The number of carbonyl (C=O) groups is 1. The molecule has 4 heteroatoms. The summed E-state index contributed by atoms with van der Waals surface area (Å²) < 4.78 is 0. The van der Waals surface area contributed by atoms with Crippen LogP contribution >= 0.6 is 11.8 Å². The van der Waals surface area contributed by atoms with Crippen LogP contribution in [-0.2, 0) is 0 Å². The van der Waals surface area contributed by atoms with Crippen molar-refractivity contribution < 1.29 is 9.90 Å². The van der Waals surface area contributed by atoms with Gasteiger partial charge in [0.05, 0.1) is 0 Å². The number of rotatable bonds is 4. The predicted molar refractivity (Wildman–Crippen MR) is 56.8 cm³/mol. The Bertz CT molecular complexity index is 326. The molecule has 1 aromatic rings. The molecule has 0 bridgehead atoms. The van der Waals surface area contributed by atoms with E-state index in [2.05, 4.69) is 18.8 Å². The molecule has 0 fully saturated rings. The topological polar surface area (TPSA) is 50.2 Å². The zero-order valence-corrected chi connectivity index (χ0v) is 9.04. The van der Waals surface area contributed by atoms with Crippen LogP contribution in [0.3, 0.4) is 0 Å². The van der Waals surface area contributed by atoms with Crippen molar-refractivity contribution >= 4 is 17.7 Å². The van der Waals surface area contributed by atoms with Gasteiger partial charge in [-0.15, -0.1) is 11.8 Å². The number of aromatic carboxylic acids is 1. The molecule has 0 atom stereocenters. The summed E-state index contributed by atoms with van der Waals surface area (Å²) in [5.41, 5.74) is 0.110. The van der Waals surface area contributed by atoms with Gasteiger partial charge in [0.2, 0.25) is 0 Å². The van der Waals surface area contributed by atoms with Crippen LogP contribution in [0.1, 0.15) is 24.3 Å². The fourth-order valence-corrected chi connectivity index (χ4v) is 1.76. The Morgan fingerprint density at radius 2 is 2.36 bits per heavy atom. The van der Waals surface area contributed by atoms with Gasteiger partial charge in [0.15, 0.2) is 0 Å². The monoisotopic (exact) mass is 211 g/mol. The molecular formula is C10H13NO2S. The van der Waals surface area contributed by atoms with Crippen molar-refractivity contribution in [2.24, 2.45) is 5.92 Å². The summed E-state index contributed by atoms with van der Waals surface area (Å²) in [6.07, 6.45) is 1.53. The maximum atomic E-state index is 10.6. The Balaban J connectivity index is 2.69. The Labute approximate surface area is 87.6 Å². The molecule has 0 saturated heterocycles. The van der Waals surface area contributed by atoms with E-state index in [0.717, 1.165) is 10.6 Å². The van der Waals surface area contributed by atoms with Crippen LogP contribution in [0.5, 0.6) is 0 Å². The number of nitrogens with zero attached hydrogens (tertiary/aromatic N) is 1. The fourth-order valence-electron chi connectivity index (χ4n) is 0.881. The number of thioether (sulfide) groups is 1. The van der Waals surface area contributed by atoms with Crippen molar-refractivity contribution in [1.29, 1.82) is 0 Å². The molecule has 0 spiro atoms. The van der Waals surface area contributed by atoms with Crippen LogP contribution < -0.4 is 0 Å². The second-order valence-corrected chi connectivity index (χ2v) is 4.48. The zero-order chi connectivity index (χ0) is 10.6. The molecule has 1 N–H and O–H groups in total. The fraction of sp³-hybridized carbons (Fsp3) is 0.400. The van der Waals surface area contributed by atoms with Gasteiger partial charge in [0, 0.05) is 16.8 Å². The van der Waals surface area contributed by atoms with E-state index in [4.69, 9.17) is 5.11 Å². The van der Waals surface area contributed by atoms with Gasteiger partial charge in [-0.2, -0.15) is 0 Å². The molecule has 76 valence electrons. The first-order valence-electron chi connectivity index (χ1n) is 4.41. The van der Waals surface area contributed by atoms with Crippen LogP contribution in [-0.4, -0.2) is 21.8 Å². The number of hydrogen-bond acceptors (Lipinski definition) is 3. The minimum Gasteiger partial charge on any atom is -0.477 e. The lowest BCUT2D eigenvalue weighted by molar-refractivity contribution is 0.0690. The predicted octanol–water partition coefficient (Wildman–Crippen LogP) is 2.53. The molecule has 0 saturated carbocycles. The highest BCUT2D eigenvalue weighted by molar-refractivity contribution is 7.99. The summed E-state index contributed by atoms with van der Waals surface area (Å²) in [5, 5.41) is 8.71. The van der Waals surface area contributed by atoms with E-state index < -0.39 is 5.97 Å². The molecule has 0 unspecified atom stereocenters. The first-order chi connectivity index (χ1) is 6.59. The van der Waals surface area contributed by atoms with Crippen molar-refractivity contribution in [3.8, 4) is 0 Å². The molecule has 14 heavy (non-hydrogen) atoms. The van der Waals surface area contributed by atoms with Crippen LogP contribution in [0.15, 0.2) is 23.2 Å². The first-order valence-corrected chi connectivity index (χ1v) is 5.40. The summed E-state index contributed by atoms with van der Waals surface area (Å²) in [6.45, 7) is 4.26. The van der Waals surface area contributed by atoms with Gasteiger partial charge < -0.3 is 5.11 Å². The molecule has 3 nitrogen and oxygen atoms in total. The molecular weight excluding hydrogens is 198 g/mol. The van der Waals surface area contributed by atoms with Gasteiger partial charge in [-0.25, -0.2) is 9.78 Å². The van der Waals surface area contributed by atoms with E-state index in [1.165, 1.54) is 6.20 Å². The van der Waals surface area contributed by atoms with Crippen molar-refractivity contribution in [2.45, 2.75) is 18.7 Å². The highest BCUT2D eigenvalue weighted by atomic mass is 32.2. The third-order valence-corrected chi connectivity index (χ3v) is 2.95. The summed E-state index contributed by atoms with van der Waals surface area (Å²) in [6, 6.07) is 3.44. The molecule has 0 aromatic carbocycles. The number of carboxylic acid groups (broad SMARTS) is 1. The lowest BCUT2D eigenvalue weighted by Gasteiger charge is -2.04. The maximum Gasteiger partial charge on any atom is 0.354 e. The minimum atomic E-state index is -0.975. The second kappa shape index (κ2) is 5.00. The van der Waals surface area contributed by atoms with Crippen LogP contribution in [0.4, 0.5) is 0 Å². The number of hydrogen-bond donors (Lipinski definition) is 1. The Morgan fingerprint density at radius 3 is 2.93 bits per heavy atom.